The summed E-state index contributed by atoms with van der Waals surface area (Å²) in [7, 11) is 0. The van der Waals surface area contributed by atoms with Crippen LogP contribution in [0.2, 0.25) is 0 Å². The van der Waals surface area contributed by atoms with Crippen molar-refractivity contribution in [3.63, 3.8) is 0 Å². The Balaban J connectivity index is 1.63. The Morgan fingerprint density at radius 1 is 1.15 bits per heavy atom. The van der Waals surface area contributed by atoms with Crippen molar-refractivity contribution in [2.75, 3.05) is 18.1 Å². The van der Waals surface area contributed by atoms with Crippen molar-refractivity contribution in [3.05, 3.63) is 58.9 Å². The lowest BCUT2D eigenvalue weighted by molar-refractivity contribution is -0.121. The number of ether oxygens (including phenoxy) is 1. The van der Waals surface area contributed by atoms with Crippen LogP contribution in [0.5, 0.6) is 0 Å². The van der Waals surface area contributed by atoms with Gasteiger partial charge in [0.1, 0.15) is 11.6 Å². The van der Waals surface area contributed by atoms with Gasteiger partial charge < -0.3 is 4.74 Å². The Bertz CT molecular complexity index is 930. The number of para-hydroxylation sites is 1. The highest BCUT2D eigenvalue weighted by molar-refractivity contribution is 7.20. The number of amides is 1. The van der Waals surface area contributed by atoms with Gasteiger partial charge >= 0.3 is 5.97 Å². The molecule has 8 heteroatoms. The zero-order valence-corrected chi connectivity index (χ0v) is 15.1. The summed E-state index contributed by atoms with van der Waals surface area (Å²) in [4.78, 5) is 31.0. The van der Waals surface area contributed by atoms with Crippen LogP contribution in [0, 0.1) is 11.3 Å². The molecule has 2 aromatic heterocycles. The zero-order chi connectivity index (χ0) is 18.4. The Morgan fingerprint density at radius 3 is 2.65 bits per heavy atom. The predicted molar refractivity (Wildman–Crippen MR) is 100 cm³/mol. The molecule has 0 saturated heterocycles. The number of anilines is 1. The number of aromatic nitrogens is 1. The van der Waals surface area contributed by atoms with Gasteiger partial charge in [-0.2, -0.15) is 5.26 Å². The van der Waals surface area contributed by atoms with Crippen molar-refractivity contribution in [1.82, 2.24) is 4.98 Å². The van der Waals surface area contributed by atoms with Crippen molar-refractivity contribution in [2.45, 2.75) is 0 Å². The first kappa shape index (κ1) is 17.8. The number of carbonyl (C=O) groups excluding carboxylic acids is 2. The normalized spacial score (nSPS) is 10.1. The minimum Gasteiger partial charge on any atom is -0.451 e. The van der Waals surface area contributed by atoms with Crippen molar-refractivity contribution in [1.29, 1.82) is 5.26 Å². The highest BCUT2D eigenvalue weighted by Gasteiger charge is 2.19. The molecule has 0 unspecified atom stereocenters. The zero-order valence-electron chi connectivity index (χ0n) is 13.5. The SMILES string of the molecule is N#CCN(C(=O)COC(=O)c1csc(-c2cccs2)n1)c1ccccc1. The minimum absolute atomic E-state index is 0.125. The summed E-state index contributed by atoms with van der Waals surface area (Å²) in [6, 6.07) is 14.5. The molecule has 0 spiro atoms. The van der Waals surface area contributed by atoms with Crippen LogP contribution in [0.3, 0.4) is 0 Å². The Labute approximate surface area is 157 Å². The second-order valence-corrected chi connectivity index (χ2v) is 6.87. The van der Waals surface area contributed by atoms with Gasteiger partial charge in [0.2, 0.25) is 0 Å². The van der Waals surface area contributed by atoms with E-state index in [4.69, 9.17) is 10.00 Å². The summed E-state index contributed by atoms with van der Waals surface area (Å²) in [6.07, 6.45) is 0. The third-order valence-electron chi connectivity index (χ3n) is 3.37. The molecule has 0 aliphatic carbocycles. The number of thiophene rings is 1. The van der Waals surface area contributed by atoms with E-state index in [0.29, 0.717) is 5.69 Å². The van der Waals surface area contributed by atoms with E-state index in [2.05, 4.69) is 4.98 Å². The fraction of sp³-hybridized carbons (Fsp3) is 0.111. The van der Waals surface area contributed by atoms with Gasteiger partial charge in [0.25, 0.3) is 5.91 Å². The highest BCUT2D eigenvalue weighted by atomic mass is 32.1. The molecular weight excluding hydrogens is 370 g/mol. The number of rotatable bonds is 6. The van der Waals surface area contributed by atoms with Crippen LogP contribution in [0.25, 0.3) is 9.88 Å². The number of nitriles is 1. The summed E-state index contributed by atoms with van der Waals surface area (Å²) in [5, 5.41) is 13.2. The van der Waals surface area contributed by atoms with Crippen LogP contribution in [0.4, 0.5) is 5.69 Å². The number of carbonyl (C=O) groups is 2. The lowest BCUT2D eigenvalue weighted by Gasteiger charge is -2.19. The van der Waals surface area contributed by atoms with Gasteiger partial charge in [-0.3, -0.25) is 9.69 Å². The number of hydrogen-bond acceptors (Lipinski definition) is 7. The van der Waals surface area contributed by atoms with Gasteiger partial charge in [0.15, 0.2) is 12.3 Å². The van der Waals surface area contributed by atoms with E-state index in [0.717, 1.165) is 9.88 Å². The van der Waals surface area contributed by atoms with Gasteiger partial charge in [-0.15, -0.1) is 22.7 Å². The molecule has 0 aliphatic heterocycles. The molecule has 3 aromatic rings. The maximum Gasteiger partial charge on any atom is 0.358 e. The molecule has 6 nitrogen and oxygen atoms in total. The Hall–Kier alpha value is -3.02. The molecule has 26 heavy (non-hydrogen) atoms. The fourth-order valence-electron chi connectivity index (χ4n) is 2.16. The summed E-state index contributed by atoms with van der Waals surface area (Å²) in [5.74, 6) is -1.14. The van der Waals surface area contributed by atoms with E-state index in [-0.39, 0.29) is 12.2 Å². The number of esters is 1. The van der Waals surface area contributed by atoms with Crippen molar-refractivity contribution < 1.29 is 14.3 Å². The maximum atomic E-state index is 12.3. The smallest absolute Gasteiger partial charge is 0.358 e. The van der Waals surface area contributed by atoms with E-state index >= 15 is 0 Å². The molecule has 0 fully saturated rings. The summed E-state index contributed by atoms with van der Waals surface area (Å²) < 4.78 is 5.08. The predicted octanol–water partition coefficient (Wildman–Crippen LogP) is 3.59. The highest BCUT2D eigenvalue weighted by Crippen LogP contribution is 2.28. The first-order chi connectivity index (χ1) is 12.7. The van der Waals surface area contributed by atoms with Crippen LogP contribution < -0.4 is 4.90 Å². The first-order valence-corrected chi connectivity index (χ1v) is 9.34. The van der Waals surface area contributed by atoms with Crippen LogP contribution in [-0.2, 0) is 9.53 Å². The quantitative estimate of drug-likeness (QED) is 0.480. The molecule has 2 heterocycles. The summed E-state index contributed by atoms with van der Waals surface area (Å²) in [6.45, 7) is -0.582. The lowest BCUT2D eigenvalue weighted by atomic mass is 10.3. The monoisotopic (exact) mass is 383 g/mol. The summed E-state index contributed by atoms with van der Waals surface area (Å²) >= 11 is 2.87. The van der Waals surface area contributed by atoms with E-state index in [1.165, 1.54) is 27.6 Å². The topological polar surface area (TPSA) is 83.3 Å². The van der Waals surface area contributed by atoms with E-state index in [9.17, 15) is 9.59 Å². The maximum absolute atomic E-state index is 12.3. The average molecular weight is 383 g/mol. The molecule has 0 saturated carbocycles. The van der Waals surface area contributed by atoms with Gasteiger partial charge in [-0.25, -0.2) is 9.78 Å². The second-order valence-electron chi connectivity index (χ2n) is 5.06. The molecular formula is C18H13N3O3S2. The largest absolute Gasteiger partial charge is 0.451 e. The second kappa shape index (κ2) is 8.38. The Morgan fingerprint density at radius 2 is 1.96 bits per heavy atom. The molecule has 3 rings (SSSR count). The molecule has 0 N–H and O–H groups in total. The molecule has 0 atom stereocenters. The molecule has 130 valence electrons. The van der Waals surface area contributed by atoms with Crippen LogP contribution in [-0.4, -0.2) is 30.0 Å². The third kappa shape index (κ3) is 4.14. The molecule has 0 bridgehead atoms. The van der Waals surface area contributed by atoms with Gasteiger partial charge in [0, 0.05) is 11.1 Å². The molecule has 1 aromatic carbocycles. The van der Waals surface area contributed by atoms with Crippen molar-refractivity contribution in [3.8, 4) is 16.0 Å². The average Bonchev–Trinajstić information content (AvgIpc) is 3.36. The van der Waals surface area contributed by atoms with E-state index < -0.39 is 18.5 Å². The Kier molecular flexibility index (Phi) is 5.73. The minimum atomic E-state index is -0.664. The van der Waals surface area contributed by atoms with Crippen LogP contribution in [0.1, 0.15) is 10.5 Å². The van der Waals surface area contributed by atoms with Crippen LogP contribution in [0.15, 0.2) is 53.2 Å². The van der Waals surface area contributed by atoms with Gasteiger partial charge in [-0.05, 0) is 23.6 Å². The van der Waals surface area contributed by atoms with E-state index in [1.807, 2.05) is 29.6 Å². The number of hydrogen-bond donors (Lipinski definition) is 0. The molecule has 0 radical (unpaired) electrons. The molecule has 1 amide bonds. The number of thiazole rings is 1. The van der Waals surface area contributed by atoms with Crippen molar-refractivity contribution >= 4 is 40.2 Å². The van der Waals surface area contributed by atoms with Gasteiger partial charge in [0.05, 0.1) is 10.9 Å². The standard InChI is InChI=1S/C18H13N3O3S2/c19-8-9-21(13-5-2-1-3-6-13)16(22)11-24-18(23)14-12-26-17(20-14)15-7-4-10-25-15/h1-7,10,12H,9,11H2. The van der Waals surface area contributed by atoms with Gasteiger partial charge in [-0.1, -0.05) is 24.3 Å². The lowest BCUT2D eigenvalue weighted by Crippen LogP contribution is -2.35. The number of benzene rings is 1. The third-order valence-corrected chi connectivity index (χ3v) is 5.25. The fourth-order valence-corrected chi connectivity index (χ4v) is 3.77. The molecule has 0 aliphatic rings. The van der Waals surface area contributed by atoms with Crippen molar-refractivity contribution in [2.24, 2.45) is 0 Å². The number of nitrogens with zero attached hydrogens (tertiary/aromatic N) is 3. The first-order valence-electron chi connectivity index (χ1n) is 7.58. The van der Waals surface area contributed by atoms with E-state index in [1.54, 1.807) is 29.6 Å². The summed E-state index contributed by atoms with van der Waals surface area (Å²) in [5.41, 5.74) is 0.737. The van der Waals surface area contributed by atoms with Crippen LogP contribution >= 0.6 is 22.7 Å².